The zero-order valence-electron chi connectivity index (χ0n) is 14.5. The monoisotopic (exact) mass is 346 g/mol. The molecule has 2 saturated heterocycles. The molecular weight excluding hydrogens is 320 g/mol. The fourth-order valence-corrected chi connectivity index (χ4v) is 4.25. The number of carbonyl (C=O) groups is 1. The fraction of sp³-hybridized carbons (Fsp3) is 0.722. The van der Waals surface area contributed by atoms with Crippen LogP contribution in [0.4, 0.5) is 0 Å². The molecule has 0 spiro atoms. The Kier molecular flexibility index (Phi) is 5.24. The number of nitrogens with zero attached hydrogens (tertiary/aromatic N) is 4. The summed E-state index contributed by atoms with van der Waals surface area (Å²) in [6, 6.07) is 1.76. The summed E-state index contributed by atoms with van der Waals surface area (Å²) < 4.78 is 12.1. The van der Waals surface area contributed by atoms with Gasteiger partial charge in [0.1, 0.15) is 18.1 Å². The first-order valence-corrected chi connectivity index (χ1v) is 9.35. The first kappa shape index (κ1) is 16.9. The Morgan fingerprint density at radius 3 is 2.96 bits per heavy atom. The predicted octanol–water partition coefficient (Wildman–Crippen LogP) is 0.961. The van der Waals surface area contributed by atoms with Crippen LogP contribution >= 0.6 is 0 Å². The summed E-state index contributed by atoms with van der Waals surface area (Å²) in [5.41, 5.74) is 0.453. The molecule has 7 heteroatoms. The van der Waals surface area contributed by atoms with E-state index in [1.54, 1.807) is 12.3 Å². The molecule has 1 saturated carbocycles. The number of fused-ring (bicyclic) bond motifs is 1. The van der Waals surface area contributed by atoms with Gasteiger partial charge in [-0.2, -0.15) is 0 Å². The van der Waals surface area contributed by atoms with Crippen LogP contribution in [0.2, 0.25) is 0 Å². The van der Waals surface area contributed by atoms with Crippen LogP contribution in [0.15, 0.2) is 18.6 Å². The molecule has 7 nitrogen and oxygen atoms in total. The molecule has 0 unspecified atom stereocenters. The van der Waals surface area contributed by atoms with E-state index in [1.807, 2.05) is 4.90 Å². The number of likely N-dealkylation sites (tertiary alicyclic amines) is 1. The average Bonchev–Trinajstić information content (AvgIpc) is 3.32. The highest BCUT2D eigenvalue weighted by atomic mass is 16.5. The summed E-state index contributed by atoms with van der Waals surface area (Å²) in [5.74, 6) is -0.0292. The average molecular weight is 346 g/mol. The van der Waals surface area contributed by atoms with Gasteiger partial charge in [0.05, 0.1) is 25.4 Å². The maximum absolute atomic E-state index is 12.8. The number of morpholine rings is 1. The minimum atomic E-state index is -0.0292. The first-order chi connectivity index (χ1) is 12.3. The molecular formula is C18H26N4O3. The van der Waals surface area contributed by atoms with Crippen molar-refractivity contribution in [3.8, 4) is 0 Å². The molecule has 1 aliphatic carbocycles. The van der Waals surface area contributed by atoms with Crippen LogP contribution in [-0.2, 0) is 9.47 Å². The van der Waals surface area contributed by atoms with Gasteiger partial charge in [-0.1, -0.05) is 0 Å². The molecule has 4 rings (SSSR count). The number of carbonyl (C=O) groups excluding carboxylic acids is 1. The highest BCUT2D eigenvalue weighted by Crippen LogP contribution is 2.32. The standard InChI is InChI=1S/C18H26N4O3/c23-18(14-5-6-19-13-20-14)22-10-12-25-17-15(22)3-4-16(17)24-11-9-21-7-1-2-8-21/h5-6,13,15-17H,1-4,7-12H2/t15-,16+,17+/m0/s1. The first-order valence-electron chi connectivity index (χ1n) is 9.35. The SMILES string of the molecule is O=C(c1ccncn1)N1CCO[C@H]2[C@H](OCCN3CCCC3)CC[C@@H]21. The Bertz CT molecular complexity index is 579. The van der Waals surface area contributed by atoms with E-state index in [9.17, 15) is 4.79 Å². The van der Waals surface area contributed by atoms with Crippen molar-refractivity contribution >= 4 is 5.91 Å². The lowest BCUT2D eigenvalue weighted by Crippen LogP contribution is -2.54. The van der Waals surface area contributed by atoms with Crippen molar-refractivity contribution in [2.45, 2.75) is 43.9 Å². The minimum absolute atomic E-state index is 0.0156. The molecule has 1 aromatic rings. The molecule has 0 bridgehead atoms. The van der Waals surface area contributed by atoms with Crippen molar-refractivity contribution in [3.05, 3.63) is 24.3 Å². The maximum Gasteiger partial charge on any atom is 0.272 e. The molecule has 3 fully saturated rings. The number of hydrogen-bond acceptors (Lipinski definition) is 6. The lowest BCUT2D eigenvalue weighted by Gasteiger charge is -2.39. The zero-order chi connectivity index (χ0) is 17.1. The lowest BCUT2D eigenvalue weighted by molar-refractivity contribution is -0.106. The van der Waals surface area contributed by atoms with E-state index in [0.717, 1.165) is 26.0 Å². The van der Waals surface area contributed by atoms with Gasteiger partial charge in [-0.3, -0.25) is 4.79 Å². The Labute approximate surface area is 148 Å². The zero-order valence-corrected chi connectivity index (χ0v) is 14.5. The number of aromatic nitrogens is 2. The van der Waals surface area contributed by atoms with Crippen molar-refractivity contribution in [1.29, 1.82) is 0 Å². The molecule has 0 N–H and O–H groups in total. The number of hydrogen-bond donors (Lipinski definition) is 0. The second-order valence-corrected chi connectivity index (χ2v) is 7.03. The molecule has 25 heavy (non-hydrogen) atoms. The van der Waals surface area contributed by atoms with Gasteiger partial charge in [0.25, 0.3) is 5.91 Å². The maximum atomic E-state index is 12.8. The van der Waals surface area contributed by atoms with Crippen LogP contribution in [0.3, 0.4) is 0 Å². The van der Waals surface area contributed by atoms with Gasteiger partial charge in [-0.05, 0) is 44.8 Å². The Morgan fingerprint density at radius 2 is 2.16 bits per heavy atom. The van der Waals surface area contributed by atoms with E-state index < -0.39 is 0 Å². The van der Waals surface area contributed by atoms with Crippen molar-refractivity contribution in [3.63, 3.8) is 0 Å². The second kappa shape index (κ2) is 7.76. The summed E-state index contributed by atoms with van der Waals surface area (Å²) in [6.45, 7) is 5.30. The van der Waals surface area contributed by atoms with Crippen LogP contribution < -0.4 is 0 Å². The van der Waals surface area contributed by atoms with E-state index in [0.29, 0.717) is 18.8 Å². The Morgan fingerprint density at radius 1 is 1.28 bits per heavy atom. The summed E-state index contributed by atoms with van der Waals surface area (Å²) in [4.78, 5) is 25.1. The van der Waals surface area contributed by atoms with E-state index >= 15 is 0 Å². The van der Waals surface area contributed by atoms with E-state index in [1.165, 1.54) is 32.3 Å². The summed E-state index contributed by atoms with van der Waals surface area (Å²) >= 11 is 0. The van der Waals surface area contributed by atoms with Gasteiger partial charge in [0.2, 0.25) is 0 Å². The van der Waals surface area contributed by atoms with Gasteiger partial charge >= 0.3 is 0 Å². The minimum Gasteiger partial charge on any atom is -0.374 e. The fourth-order valence-electron chi connectivity index (χ4n) is 4.25. The second-order valence-electron chi connectivity index (χ2n) is 7.03. The van der Waals surface area contributed by atoms with Gasteiger partial charge in [0.15, 0.2) is 0 Å². The summed E-state index contributed by atoms with van der Waals surface area (Å²) in [7, 11) is 0. The normalized spacial score (nSPS) is 29.8. The van der Waals surface area contributed by atoms with Crippen molar-refractivity contribution in [2.24, 2.45) is 0 Å². The molecule has 136 valence electrons. The molecule has 0 radical (unpaired) electrons. The Balaban J connectivity index is 1.34. The van der Waals surface area contributed by atoms with Crippen molar-refractivity contribution in [1.82, 2.24) is 19.8 Å². The molecule has 1 amide bonds. The van der Waals surface area contributed by atoms with Crippen LogP contribution in [0.5, 0.6) is 0 Å². The highest BCUT2D eigenvalue weighted by molar-refractivity contribution is 5.92. The van der Waals surface area contributed by atoms with Gasteiger partial charge in [-0.15, -0.1) is 0 Å². The third kappa shape index (κ3) is 3.68. The highest BCUT2D eigenvalue weighted by Gasteiger charge is 2.45. The largest absolute Gasteiger partial charge is 0.374 e. The van der Waals surface area contributed by atoms with E-state index in [4.69, 9.17) is 9.47 Å². The van der Waals surface area contributed by atoms with Gasteiger partial charge in [0, 0.05) is 19.3 Å². The third-order valence-corrected chi connectivity index (χ3v) is 5.54. The smallest absolute Gasteiger partial charge is 0.272 e. The van der Waals surface area contributed by atoms with Crippen LogP contribution in [0, 0.1) is 0 Å². The molecule has 3 heterocycles. The number of ether oxygens (including phenoxy) is 2. The summed E-state index contributed by atoms with van der Waals surface area (Å²) in [5, 5.41) is 0. The van der Waals surface area contributed by atoms with E-state index in [2.05, 4.69) is 14.9 Å². The predicted molar refractivity (Wildman–Crippen MR) is 91.2 cm³/mol. The van der Waals surface area contributed by atoms with Gasteiger partial charge in [-0.25, -0.2) is 9.97 Å². The van der Waals surface area contributed by atoms with Crippen LogP contribution in [-0.4, -0.2) is 83.3 Å². The Hall–Kier alpha value is -1.57. The number of rotatable bonds is 5. The van der Waals surface area contributed by atoms with E-state index in [-0.39, 0.29) is 24.2 Å². The van der Waals surface area contributed by atoms with Crippen molar-refractivity contribution < 1.29 is 14.3 Å². The third-order valence-electron chi connectivity index (χ3n) is 5.54. The number of amides is 1. The molecule has 0 aromatic carbocycles. The topological polar surface area (TPSA) is 67.8 Å². The quantitative estimate of drug-likeness (QED) is 0.791. The lowest BCUT2D eigenvalue weighted by atomic mass is 10.1. The van der Waals surface area contributed by atoms with Crippen LogP contribution in [0.1, 0.15) is 36.2 Å². The van der Waals surface area contributed by atoms with Crippen LogP contribution in [0.25, 0.3) is 0 Å². The molecule has 3 aliphatic rings. The molecule has 2 aliphatic heterocycles. The van der Waals surface area contributed by atoms with Crippen molar-refractivity contribution in [2.75, 3.05) is 39.4 Å². The molecule has 3 atom stereocenters. The summed E-state index contributed by atoms with van der Waals surface area (Å²) in [6.07, 6.45) is 7.58. The molecule has 1 aromatic heterocycles. The van der Waals surface area contributed by atoms with Gasteiger partial charge < -0.3 is 19.3 Å².